The van der Waals surface area contributed by atoms with Crippen molar-refractivity contribution in [3.63, 3.8) is 0 Å². The van der Waals surface area contributed by atoms with Gasteiger partial charge < -0.3 is 0 Å². The van der Waals surface area contributed by atoms with Crippen molar-refractivity contribution in [2.24, 2.45) is 5.10 Å². The highest BCUT2D eigenvalue weighted by Gasteiger charge is 2.31. The molecule has 2 heterocycles. The normalized spacial score (nSPS) is 16.7. The average Bonchev–Trinajstić information content (AvgIpc) is 3.09. The molecular weight excluding hydrogens is 479 g/mol. The topological polar surface area (TPSA) is 41.4 Å². The number of hydrogen-bond acceptors (Lipinski definition) is 4. The molecule has 1 aliphatic rings. The van der Waals surface area contributed by atoms with Crippen LogP contribution in [0.5, 0.6) is 0 Å². The highest BCUT2D eigenvalue weighted by Crippen LogP contribution is 2.35. The molecule has 0 saturated carbocycles. The molecule has 0 radical (unpaired) electrons. The van der Waals surface area contributed by atoms with E-state index in [1.807, 2.05) is 41.4 Å². The van der Waals surface area contributed by atoms with Crippen LogP contribution in [-0.4, -0.2) is 15.7 Å². The Morgan fingerprint density at radius 2 is 1.54 bits per heavy atom. The van der Waals surface area contributed by atoms with Gasteiger partial charge in [-0.25, -0.2) is 15.0 Å². The summed E-state index contributed by atoms with van der Waals surface area (Å²) in [6.45, 7) is 0. The van der Waals surface area contributed by atoms with E-state index >= 15 is 0 Å². The van der Waals surface area contributed by atoms with Gasteiger partial charge in [0.15, 0.2) is 0 Å². The Balaban J connectivity index is 1.74. The van der Waals surface area contributed by atoms with Gasteiger partial charge in [-0.3, -0.25) is 0 Å². The fourth-order valence-electron chi connectivity index (χ4n) is 2.88. The molecule has 130 valence electrons. The molecule has 0 amide bonds. The number of nitrogens with zero attached hydrogens (tertiary/aromatic N) is 4. The number of aromatic nitrogens is 2. The van der Waals surface area contributed by atoms with E-state index in [2.05, 4.69) is 54.0 Å². The van der Waals surface area contributed by atoms with Gasteiger partial charge in [-0.15, -0.1) is 0 Å². The summed E-state index contributed by atoms with van der Waals surface area (Å²) in [7, 11) is 0. The standard InChI is InChI=1S/C19H13Br2ClN4/c20-14-5-1-12(2-6-14)17-9-18(13-3-7-16(22)8-4-13)26(25-17)19-23-10-15(21)11-24-19/h1-8,10-11,18H,9H2/t18-/m1/s1. The molecule has 0 spiro atoms. The Morgan fingerprint density at radius 3 is 2.19 bits per heavy atom. The van der Waals surface area contributed by atoms with Crippen LogP contribution in [0.3, 0.4) is 0 Å². The van der Waals surface area contributed by atoms with Gasteiger partial charge in [-0.2, -0.15) is 5.10 Å². The van der Waals surface area contributed by atoms with Gasteiger partial charge in [-0.1, -0.05) is 51.8 Å². The largest absolute Gasteiger partial charge is 0.246 e. The van der Waals surface area contributed by atoms with Crippen LogP contribution in [0, 0.1) is 0 Å². The highest BCUT2D eigenvalue weighted by molar-refractivity contribution is 9.10. The van der Waals surface area contributed by atoms with E-state index in [0.717, 1.165) is 32.2 Å². The molecular formula is C19H13Br2ClN4. The van der Waals surface area contributed by atoms with Crippen molar-refractivity contribution < 1.29 is 0 Å². The summed E-state index contributed by atoms with van der Waals surface area (Å²) in [5.41, 5.74) is 3.22. The van der Waals surface area contributed by atoms with Gasteiger partial charge in [-0.05, 0) is 51.3 Å². The summed E-state index contributed by atoms with van der Waals surface area (Å²) in [4.78, 5) is 8.85. The van der Waals surface area contributed by atoms with Gasteiger partial charge in [0.1, 0.15) is 0 Å². The minimum atomic E-state index is 0.0205. The van der Waals surface area contributed by atoms with Gasteiger partial charge in [0.2, 0.25) is 5.95 Å². The minimum absolute atomic E-state index is 0.0205. The summed E-state index contributed by atoms with van der Waals surface area (Å²) in [5, 5.41) is 7.43. The zero-order chi connectivity index (χ0) is 18.1. The molecule has 1 aliphatic heterocycles. The van der Waals surface area contributed by atoms with Gasteiger partial charge in [0, 0.05) is 28.3 Å². The highest BCUT2D eigenvalue weighted by atomic mass is 79.9. The third-order valence-corrected chi connectivity index (χ3v) is 5.34. The quantitative estimate of drug-likeness (QED) is 0.450. The van der Waals surface area contributed by atoms with Gasteiger partial charge >= 0.3 is 0 Å². The molecule has 0 bridgehead atoms. The van der Waals surface area contributed by atoms with Crippen molar-refractivity contribution in [2.45, 2.75) is 12.5 Å². The predicted octanol–water partition coefficient (Wildman–Crippen LogP) is 6.01. The first kappa shape index (κ1) is 17.6. The van der Waals surface area contributed by atoms with Crippen LogP contribution in [0.25, 0.3) is 0 Å². The molecule has 7 heteroatoms. The second kappa shape index (κ2) is 7.47. The lowest BCUT2D eigenvalue weighted by molar-refractivity contribution is 0.686. The van der Waals surface area contributed by atoms with Crippen LogP contribution >= 0.6 is 43.5 Å². The average molecular weight is 493 g/mol. The third-order valence-electron chi connectivity index (χ3n) is 4.15. The molecule has 0 fully saturated rings. The first-order valence-electron chi connectivity index (χ1n) is 7.96. The SMILES string of the molecule is Clc1ccc([C@H]2CC(c3ccc(Br)cc3)=NN2c2ncc(Br)cn2)cc1. The van der Waals surface area contributed by atoms with Crippen molar-refractivity contribution in [2.75, 3.05) is 5.01 Å². The van der Waals surface area contributed by atoms with E-state index in [9.17, 15) is 0 Å². The molecule has 1 atom stereocenters. The summed E-state index contributed by atoms with van der Waals surface area (Å²) in [5.74, 6) is 0.570. The smallest absolute Gasteiger partial charge is 0.223 e. The molecule has 1 aromatic heterocycles. The molecule has 0 aliphatic carbocycles. The van der Waals surface area contributed by atoms with Crippen LogP contribution in [0.2, 0.25) is 5.02 Å². The maximum Gasteiger partial charge on any atom is 0.246 e. The number of hydrazone groups is 1. The second-order valence-electron chi connectivity index (χ2n) is 5.87. The summed E-state index contributed by atoms with van der Waals surface area (Å²) in [6.07, 6.45) is 4.23. The van der Waals surface area contributed by atoms with Crippen molar-refractivity contribution >= 4 is 55.1 Å². The third kappa shape index (κ3) is 3.68. The van der Waals surface area contributed by atoms with E-state index < -0.39 is 0 Å². The lowest BCUT2D eigenvalue weighted by Gasteiger charge is -2.21. The Morgan fingerprint density at radius 1 is 0.885 bits per heavy atom. The van der Waals surface area contributed by atoms with Gasteiger partial charge in [0.25, 0.3) is 0 Å². The first-order chi connectivity index (χ1) is 12.6. The number of anilines is 1. The van der Waals surface area contributed by atoms with Crippen LogP contribution in [0.15, 0.2) is 75.0 Å². The van der Waals surface area contributed by atoms with Gasteiger partial charge in [0.05, 0.1) is 16.2 Å². The van der Waals surface area contributed by atoms with E-state index in [1.165, 1.54) is 0 Å². The van der Waals surface area contributed by atoms with Crippen LogP contribution < -0.4 is 5.01 Å². The molecule has 3 aromatic rings. The van der Waals surface area contributed by atoms with Crippen molar-refractivity contribution in [1.29, 1.82) is 0 Å². The van der Waals surface area contributed by atoms with E-state index in [-0.39, 0.29) is 6.04 Å². The number of halogens is 3. The summed E-state index contributed by atoms with van der Waals surface area (Å²) < 4.78 is 1.88. The summed E-state index contributed by atoms with van der Waals surface area (Å²) >= 11 is 12.9. The summed E-state index contributed by atoms with van der Waals surface area (Å²) in [6, 6.07) is 16.0. The zero-order valence-corrected chi connectivity index (χ0v) is 17.4. The molecule has 26 heavy (non-hydrogen) atoms. The lowest BCUT2D eigenvalue weighted by atomic mass is 9.98. The van der Waals surface area contributed by atoms with E-state index in [1.54, 1.807) is 12.4 Å². The second-order valence-corrected chi connectivity index (χ2v) is 8.14. The molecule has 0 N–H and O–H groups in total. The Labute approximate surface area is 173 Å². The van der Waals surface area contributed by atoms with Crippen molar-refractivity contribution in [3.8, 4) is 0 Å². The van der Waals surface area contributed by atoms with E-state index in [4.69, 9.17) is 16.7 Å². The molecule has 0 unspecified atom stereocenters. The zero-order valence-electron chi connectivity index (χ0n) is 13.5. The fourth-order valence-corrected chi connectivity index (χ4v) is 3.47. The molecule has 4 nitrogen and oxygen atoms in total. The van der Waals surface area contributed by atoms with Crippen molar-refractivity contribution in [1.82, 2.24) is 9.97 Å². The van der Waals surface area contributed by atoms with Crippen LogP contribution in [0.4, 0.5) is 5.95 Å². The first-order valence-corrected chi connectivity index (χ1v) is 9.92. The Hall–Kier alpha value is -1.76. The van der Waals surface area contributed by atoms with Crippen LogP contribution in [-0.2, 0) is 0 Å². The maximum atomic E-state index is 6.05. The number of rotatable bonds is 3. The molecule has 0 saturated heterocycles. The van der Waals surface area contributed by atoms with Crippen LogP contribution in [0.1, 0.15) is 23.6 Å². The minimum Gasteiger partial charge on any atom is -0.223 e. The lowest BCUT2D eigenvalue weighted by Crippen LogP contribution is -2.20. The Kier molecular flexibility index (Phi) is 5.07. The van der Waals surface area contributed by atoms with E-state index in [0.29, 0.717) is 11.0 Å². The molecule has 2 aromatic carbocycles. The monoisotopic (exact) mass is 490 g/mol. The van der Waals surface area contributed by atoms with Crippen molar-refractivity contribution in [3.05, 3.63) is 86.0 Å². The molecule has 4 rings (SSSR count). The number of hydrogen-bond donors (Lipinski definition) is 0. The fraction of sp³-hybridized carbons (Fsp3) is 0.105. The predicted molar refractivity (Wildman–Crippen MR) is 112 cm³/mol. The number of benzene rings is 2. The maximum absolute atomic E-state index is 6.05. The Bertz CT molecular complexity index is 941.